The summed E-state index contributed by atoms with van der Waals surface area (Å²) in [5.41, 5.74) is 0.438. The Balaban J connectivity index is 2.01. The summed E-state index contributed by atoms with van der Waals surface area (Å²) in [4.78, 5) is 26.9. The number of aromatic nitrogens is 2. The molecule has 1 aromatic carbocycles. The predicted molar refractivity (Wildman–Crippen MR) is 69.4 cm³/mol. The van der Waals surface area contributed by atoms with Gasteiger partial charge in [-0.25, -0.2) is 14.6 Å². The molecule has 1 heterocycles. The molecule has 0 aliphatic carbocycles. The summed E-state index contributed by atoms with van der Waals surface area (Å²) in [5, 5.41) is 0. The molecule has 0 saturated heterocycles. The maximum atomic E-state index is 11.9. The van der Waals surface area contributed by atoms with Crippen LogP contribution in [0.4, 0.5) is 0 Å². The van der Waals surface area contributed by atoms with Crippen LogP contribution in [0.2, 0.25) is 0 Å². The van der Waals surface area contributed by atoms with Gasteiger partial charge in [0.2, 0.25) is 0 Å². The minimum absolute atomic E-state index is 0.193. The van der Waals surface area contributed by atoms with Gasteiger partial charge in [-0.3, -0.25) is 4.57 Å². The van der Waals surface area contributed by atoms with Gasteiger partial charge in [-0.15, -0.1) is 0 Å². The standard InChI is InChI=1S/C14H14N2O3/c1-11(16-9-5-8-15-14(16)18)13(17)19-10-12-6-3-2-4-7-12/h2-9,11H,10H2,1H3. The van der Waals surface area contributed by atoms with Crippen molar-refractivity contribution in [3.05, 3.63) is 64.8 Å². The molecule has 0 aliphatic heterocycles. The molecule has 0 bridgehead atoms. The Bertz CT molecular complexity index is 607. The minimum Gasteiger partial charge on any atom is -0.459 e. The van der Waals surface area contributed by atoms with Crippen molar-refractivity contribution < 1.29 is 9.53 Å². The third-order valence-corrected chi connectivity index (χ3v) is 2.72. The normalized spacial score (nSPS) is 11.8. The van der Waals surface area contributed by atoms with Gasteiger partial charge >= 0.3 is 11.7 Å². The minimum atomic E-state index is -0.690. The molecule has 0 aliphatic rings. The Morgan fingerprint density at radius 2 is 2.05 bits per heavy atom. The van der Waals surface area contributed by atoms with Crippen molar-refractivity contribution in [2.24, 2.45) is 0 Å². The van der Waals surface area contributed by atoms with E-state index in [4.69, 9.17) is 4.74 Å². The molecule has 98 valence electrons. The summed E-state index contributed by atoms with van der Waals surface area (Å²) >= 11 is 0. The number of nitrogens with zero attached hydrogens (tertiary/aromatic N) is 2. The second kappa shape index (κ2) is 5.95. The third kappa shape index (κ3) is 3.28. The average Bonchev–Trinajstić information content (AvgIpc) is 2.45. The number of carbonyl (C=O) groups excluding carboxylic acids is 1. The van der Waals surface area contributed by atoms with Crippen molar-refractivity contribution in [3.63, 3.8) is 0 Å². The average molecular weight is 258 g/mol. The lowest BCUT2D eigenvalue weighted by atomic mass is 10.2. The van der Waals surface area contributed by atoms with E-state index in [9.17, 15) is 9.59 Å². The van der Waals surface area contributed by atoms with Crippen molar-refractivity contribution in [1.29, 1.82) is 0 Å². The van der Waals surface area contributed by atoms with Gasteiger partial charge in [0, 0.05) is 12.4 Å². The number of benzene rings is 1. The smallest absolute Gasteiger partial charge is 0.348 e. The summed E-state index contributed by atoms with van der Waals surface area (Å²) in [6.45, 7) is 1.80. The van der Waals surface area contributed by atoms with E-state index in [-0.39, 0.29) is 6.61 Å². The summed E-state index contributed by atoms with van der Waals surface area (Å²) in [6, 6.07) is 10.3. The molecular weight excluding hydrogens is 244 g/mol. The second-order valence-electron chi connectivity index (χ2n) is 4.08. The van der Waals surface area contributed by atoms with E-state index in [1.807, 2.05) is 30.3 Å². The molecule has 1 atom stereocenters. The number of rotatable bonds is 4. The molecule has 5 nitrogen and oxygen atoms in total. The SMILES string of the molecule is CC(C(=O)OCc1ccccc1)n1cccnc1=O. The lowest BCUT2D eigenvalue weighted by Gasteiger charge is -2.13. The molecule has 19 heavy (non-hydrogen) atoms. The summed E-state index contributed by atoms with van der Waals surface area (Å²) in [5.74, 6) is -0.459. The second-order valence-corrected chi connectivity index (χ2v) is 4.08. The zero-order chi connectivity index (χ0) is 13.7. The van der Waals surface area contributed by atoms with Gasteiger partial charge in [0.1, 0.15) is 12.6 Å². The maximum Gasteiger partial charge on any atom is 0.348 e. The highest BCUT2D eigenvalue weighted by atomic mass is 16.5. The van der Waals surface area contributed by atoms with Crippen LogP contribution in [0.1, 0.15) is 18.5 Å². The van der Waals surface area contributed by atoms with Gasteiger partial charge in [-0.1, -0.05) is 30.3 Å². The van der Waals surface area contributed by atoms with Crippen LogP contribution in [0, 0.1) is 0 Å². The van der Waals surface area contributed by atoms with E-state index >= 15 is 0 Å². The van der Waals surface area contributed by atoms with E-state index in [0.29, 0.717) is 0 Å². The Kier molecular flexibility index (Phi) is 4.07. The van der Waals surface area contributed by atoms with Crippen molar-refractivity contribution >= 4 is 5.97 Å². The largest absolute Gasteiger partial charge is 0.459 e. The Morgan fingerprint density at radius 1 is 1.32 bits per heavy atom. The molecule has 2 aromatic rings. The first kappa shape index (κ1) is 13.0. The van der Waals surface area contributed by atoms with E-state index < -0.39 is 17.7 Å². The van der Waals surface area contributed by atoms with Crippen molar-refractivity contribution in [2.75, 3.05) is 0 Å². The maximum absolute atomic E-state index is 11.9. The first-order valence-corrected chi connectivity index (χ1v) is 5.92. The lowest BCUT2D eigenvalue weighted by Crippen LogP contribution is -2.30. The molecule has 0 spiro atoms. The zero-order valence-electron chi connectivity index (χ0n) is 10.5. The molecule has 0 amide bonds. The molecular formula is C14H14N2O3. The Labute approximate surface area is 110 Å². The van der Waals surface area contributed by atoms with Crippen molar-refractivity contribution in [1.82, 2.24) is 9.55 Å². The molecule has 0 fully saturated rings. The summed E-state index contributed by atoms with van der Waals surface area (Å²) in [6.07, 6.45) is 2.91. The van der Waals surface area contributed by atoms with Crippen LogP contribution >= 0.6 is 0 Å². The number of ether oxygens (including phenoxy) is 1. The van der Waals surface area contributed by atoms with Crippen LogP contribution < -0.4 is 5.69 Å². The lowest BCUT2D eigenvalue weighted by molar-refractivity contribution is -0.148. The van der Waals surface area contributed by atoms with Crippen LogP contribution in [0.15, 0.2) is 53.6 Å². The van der Waals surface area contributed by atoms with Crippen LogP contribution in [0.5, 0.6) is 0 Å². The van der Waals surface area contributed by atoms with Gasteiger partial charge in [0.15, 0.2) is 0 Å². The van der Waals surface area contributed by atoms with Gasteiger partial charge in [0.05, 0.1) is 0 Å². The molecule has 2 rings (SSSR count). The number of carbonyl (C=O) groups is 1. The summed E-state index contributed by atoms with van der Waals surface area (Å²) in [7, 11) is 0. The monoisotopic (exact) mass is 258 g/mol. The van der Waals surface area contributed by atoms with Gasteiger partial charge in [0.25, 0.3) is 0 Å². The van der Waals surface area contributed by atoms with Crippen LogP contribution in [-0.2, 0) is 16.1 Å². The number of hydrogen-bond acceptors (Lipinski definition) is 4. The fraction of sp³-hybridized carbons (Fsp3) is 0.214. The van der Waals surface area contributed by atoms with Crippen LogP contribution in [-0.4, -0.2) is 15.5 Å². The first-order valence-electron chi connectivity index (χ1n) is 5.92. The van der Waals surface area contributed by atoms with E-state index in [1.165, 1.54) is 17.0 Å². The summed E-state index contributed by atoms with van der Waals surface area (Å²) < 4.78 is 6.42. The van der Waals surface area contributed by atoms with E-state index in [0.717, 1.165) is 5.56 Å². The van der Waals surface area contributed by atoms with Gasteiger partial charge < -0.3 is 4.74 Å². The molecule has 0 radical (unpaired) electrons. The molecule has 0 N–H and O–H groups in total. The number of hydrogen-bond donors (Lipinski definition) is 0. The first-order chi connectivity index (χ1) is 9.18. The number of esters is 1. The van der Waals surface area contributed by atoms with Crippen LogP contribution in [0.25, 0.3) is 0 Å². The van der Waals surface area contributed by atoms with E-state index in [1.54, 1.807) is 13.0 Å². The van der Waals surface area contributed by atoms with E-state index in [2.05, 4.69) is 4.98 Å². The van der Waals surface area contributed by atoms with Gasteiger partial charge in [-0.05, 0) is 18.6 Å². The highest BCUT2D eigenvalue weighted by Crippen LogP contribution is 2.07. The quantitative estimate of drug-likeness (QED) is 0.781. The molecule has 1 unspecified atom stereocenters. The van der Waals surface area contributed by atoms with Gasteiger partial charge in [-0.2, -0.15) is 0 Å². The fourth-order valence-electron chi connectivity index (χ4n) is 1.63. The van der Waals surface area contributed by atoms with Crippen LogP contribution in [0.3, 0.4) is 0 Å². The highest BCUT2D eigenvalue weighted by Gasteiger charge is 2.17. The zero-order valence-corrected chi connectivity index (χ0v) is 10.5. The topological polar surface area (TPSA) is 61.2 Å². The predicted octanol–water partition coefficient (Wildman–Crippen LogP) is 1.55. The Hall–Kier alpha value is -2.43. The fourth-order valence-corrected chi connectivity index (χ4v) is 1.63. The van der Waals surface area contributed by atoms with Crippen molar-refractivity contribution in [3.8, 4) is 0 Å². The van der Waals surface area contributed by atoms with Crippen molar-refractivity contribution in [2.45, 2.75) is 19.6 Å². The molecule has 5 heteroatoms. The Morgan fingerprint density at radius 3 is 2.74 bits per heavy atom. The molecule has 1 aromatic heterocycles. The molecule has 0 saturated carbocycles. The third-order valence-electron chi connectivity index (χ3n) is 2.72. The highest BCUT2D eigenvalue weighted by molar-refractivity contribution is 5.73.